The van der Waals surface area contributed by atoms with E-state index in [1.807, 2.05) is 6.92 Å². The van der Waals surface area contributed by atoms with E-state index < -0.39 is 0 Å². The second-order valence-corrected chi connectivity index (χ2v) is 7.31. The smallest absolute Gasteiger partial charge is 0.191 e. The maximum Gasteiger partial charge on any atom is 0.191 e. The molecule has 0 amide bonds. The molecule has 0 unspecified atom stereocenters. The Bertz CT molecular complexity index is 517. The minimum absolute atomic E-state index is 0. The normalized spacial score (nSPS) is 15.7. The van der Waals surface area contributed by atoms with Crippen LogP contribution in [0, 0.1) is 13.8 Å². The van der Waals surface area contributed by atoms with Gasteiger partial charge >= 0.3 is 0 Å². The lowest BCUT2D eigenvalue weighted by Crippen LogP contribution is -2.39. The van der Waals surface area contributed by atoms with Crippen LogP contribution in [0.3, 0.4) is 0 Å². The molecule has 1 aliphatic rings. The third-order valence-electron chi connectivity index (χ3n) is 4.02. The van der Waals surface area contributed by atoms with E-state index in [0.29, 0.717) is 6.54 Å². The molecule has 2 N–H and O–H groups in total. The van der Waals surface area contributed by atoms with Gasteiger partial charge in [-0.2, -0.15) is 0 Å². The number of halogens is 1. The molecule has 0 saturated carbocycles. The fourth-order valence-corrected chi connectivity index (χ4v) is 3.57. The van der Waals surface area contributed by atoms with E-state index in [9.17, 15) is 0 Å². The van der Waals surface area contributed by atoms with Crippen molar-refractivity contribution >= 4 is 41.3 Å². The molecule has 1 aromatic heterocycles. The molecule has 1 aliphatic heterocycles. The SMILES string of the molecule is CCNC(=NCc1sc(C)nc1C)NCCCCN1CCOCC1.I. The number of aryl methyl sites for hydroxylation is 2. The summed E-state index contributed by atoms with van der Waals surface area (Å²) >= 11 is 1.73. The van der Waals surface area contributed by atoms with Crippen LogP contribution in [-0.4, -0.2) is 61.8 Å². The van der Waals surface area contributed by atoms with Crippen LogP contribution < -0.4 is 10.6 Å². The number of nitrogens with zero attached hydrogens (tertiary/aromatic N) is 3. The molecule has 1 aromatic rings. The largest absolute Gasteiger partial charge is 0.379 e. The molecular formula is C17H32IN5OS. The van der Waals surface area contributed by atoms with E-state index >= 15 is 0 Å². The molecule has 0 atom stereocenters. The van der Waals surface area contributed by atoms with Crippen molar-refractivity contribution in [3.63, 3.8) is 0 Å². The topological polar surface area (TPSA) is 61.8 Å². The lowest BCUT2D eigenvalue weighted by Gasteiger charge is -2.26. The van der Waals surface area contributed by atoms with Crippen molar-refractivity contribution < 1.29 is 4.74 Å². The Morgan fingerprint density at radius 3 is 2.64 bits per heavy atom. The fourth-order valence-electron chi connectivity index (χ4n) is 2.70. The van der Waals surface area contributed by atoms with E-state index in [0.717, 1.165) is 69.0 Å². The first-order chi connectivity index (χ1) is 11.7. The summed E-state index contributed by atoms with van der Waals surface area (Å²) in [6.45, 7) is 13.8. The standard InChI is InChI=1S/C17H31N5OS.HI/c1-4-18-17(20-13-16-14(2)21-15(3)24-16)19-7-5-6-8-22-9-11-23-12-10-22;/h4-13H2,1-3H3,(H2,18,19,20);1H. The summed E-state index contributed by atoms with van der Waals surface area (Å²) < 4.78 is 5.38. The highest BCUT2D eigenvalue weighted by molar-refractivity contribution is 14.0. The summed E-state index contributed by atoms with van der Waals surface area (Å²) in [5, 5.41) is 7.86. The third-order valence-corrected chi connectivity index (χ3v) is 5.08. The predicted molar refractivity (Wildman–Crippen MR) is 116 cm³/mol. The van der Waals surface area contributed by atoms with Crippen LogP contribution in [0.25, 0.3) is 0 Å². The van der Waals surface area contributed by atoms with Gasteiger partial charge in [0.15, 0.2) is 5.96 Å². The molecular weight excluding hydrogens is 449 g/mol. The first-order valence-corrected chi connectivity index (χ1v) is 9.76. The summed E-state index contributed by atoms with van der Waals surface area (Å²) in [7, 11) is 0. The minimum atomic E-state index is 0. The molecule has 144 valence electrons. The van der Waals surface area contributed by atoms with Gasteiger partial charge in [0.25, 0.3) is 0 Å². The average molecular weight is 481 g/mol. The van der Waals surface area contributed by atoms with Gasteiger partial charge in [0.05, 0.1) is 30.5 Å². The molecule has 25 heavy (non-hydrogen) atoms. The van der Waals surface area contributed by atoms with Gasteiger partial charge in [-0.25, -0.2) is 9.98 Å². The van der Waals surface area contributed by atoms with E-state index in [1.165, 1.54) is 11.3 Å². The number of thiazole rings is 1. The Kier molecular flexibility index (Phi) is 11.6. The number of unbranched alkanes of at least 4 members (excludes halogenated alkanes) is 1. The van der Waals surface area contributed by atoms with E-state index in [2.05, 4.69) is 39.4 Å². The van der Waals surface area contributed by atoms with Gasteiger partial charge in [-0.1, -0.05) is 0 Å². The number of hydrogen-bond acceptors (Lipinski definition) is 5. The van der Waals surface area contributed by atoms with Crippen molar-refractivity contribution in [3.8, 4) is 0 Å². The second-order valence-electron chi connectivity index (χ2n) is 6.02. The minimum Gasteiger partial charge on any atom is -0.379 e. The van der Waals surface area contributed by atoms with Crippen LogP contribution in [0.2, 0.25) is 0 Å². The van der Waals surface area contributed by atoms with E-state index in [-0.39, 0.29) is 24.0 Å². The Morgan fingerprint density at radius 1 is 1.24 bits per heavy atom. The predicted octanol–water partition coefficient (Wildman–Crippen LogP) is 2.55. The molecule has 0 aliphatic carbocycles. The lowest BCUT2D eigenvalue weighted by atomic mass is 10.3. The molecule has 0 bridgehead atoms. The number of morpholine rings is 1. The number of nitrogens with one attached hydrogen (secondary N) is 2. The molecule has 0 spiro atoms. The molecule has 8 heteroatoms. The van der Waals surface area contributed by atoms with E-state index in [1.54, 1.807) is 11.3 Å². The van der Waals surface area contributed by atoms with Crippen LogP contribution in [0.5, 0.6) is 0 Å². The van der Waals surface area contributed by atoms with Crippen LogP contribution in [0.1, 0.15) is 35.3 Å². The van der Waals surface area contributed by atoms with Crippen molar-refractivity contribution in [2.24, 2.45) is 4.99 Å². The number of aromatic nitrogens is 1. The van der Waals surface area contributed by atoms with Crippen LogP contribution in [0.4, 0.5) is 0 Å². The number of ether oxygens (including phenoxy) is 1. The van der Waals surface area contributed by atoms with Crippen molar-refractivity contribution in [3.05, 3.63) is 15.6 Å². The zero-order valence-corrected chi connectivity index (χ0v) is 18.8. The number of hydrogen-bond donors (Lipinski definition) is 2. The highest BCUT2D eigenvalue weighted by atomic mass is 127. The Balaban J connectivity index is 0.00000312. The average Bonchev–Trinajstić information content (AvgIpc) is 2.90. The van der Waals surface area contributed by atoms with Gasteiger partial charge in [0, 0.05) is 31.1 Å². The quantitative estimate of drug-likeness (QED) is 0.259. The van der Waals surface area contributed by atoms with Crippen molar-refractivity contribution in [2.75, 3.05) is 45.9 Å². The first kappa shape index (κ1) is 22.6. The summed E-state index contributed by atoms with van der Waals surface area (Å²) in [5.74, 6) is 0.898. The van der Waals surface area contributed by atoms with Gasteiger partial charge in [-0.3, -0.25) is 4.90 Å². The van der Waals surface area contributed by atoms with Crippen LogP contribution in [-0.2, 0) is 11.3 Å². The summed E-state index contributed by atoms with van der Waals surface area (Å²) in [4.78, 5) is 12.9. The van der Waals surface area contributed by atoms with Crippen LogP contribution >= 0.6 is 35.3 Å². The van der Waals surface area contributed by atoms with Crippen molar-refractivity contribution in [1.29, 1.82) is 0 Å². The highest BCUT2D eigenvalue weighted by Crippen LogP contribution is 2.17. The molecule has 1 fully saturated rings. The molecule has 1 saturated heterocycles. The van der Waals surface area contributed by atoms with Gasteiger partial charge in [0.2, 0.25) is 0 Å². The number of aliphatic imine (C=N–C) groups is 1. The molecule has 0 aromatic carbocycles. The zero-order valence-electron chi connectivity index (χ0n) is 15.6. The zero-order chi connectivity index (χ0) is 17.2. The van der Waals surface area contributed by atoms with Gasteiger partial charge in [0.1, 0.15) is 0 Å². The Morgan fingerprint density at radius 2 is 2.00 bits per heavy atom. The van der Waals surface area contributed by atoms with Crippen LogP contribution in [0.15, 0.2) is 4.99 Å². The molecule has 0 radical (unpaired) electrons. The second kappa shape index (κ2) is 12.8. The third kappa shape index (κ3) is 8.65. The van der Waals surface area contributed by atoms with Crippen molar-refractivity contribution in [1.82, 2.24) is 20.5 Å². The van der Waals surface area contributed by atoms with Crippen molar-refractivity contribution in [2.45, 2.75) is 40.2 Å². The summed E-state index contributed by atoms with van der Waals surface area (Å²) in [6, 6.07) is 0. The maximum absolute atomic E-state index is 5.38. The Hall–Kier alpha value is -0.450. The summed E-state index contributed by atoms with van der Waals surface area (Å²) in [6.07, 6.45) is 2.36. The van der Waals surface area contributed by atoms with Gasteiger partial charge in [-0.15, -0.1) is 35.3 Å². The molecule has 6 nitrogen and oxygen atoms in total. The highest BCUT2D eigenvalue weighted by Gasteiger charge is 2.09. The monoisotopic (exact) mass is 481 g/mol. The van der Waals surface area contributed by atoms with E-state index in [4.69, 9.17) is 4.74 Å². The number of guanidine groups is 1. The maximum atomic E-state index is 5.38. The molecule has 2 rings (SSSR count). The Labute approximate surface area is 172 Å². The number of rotatable bonds is 8. The van der Waals surface area contributed by atoms with Gasteiger partial charge < -0.3 is 15.4 Å². The lowest BCUT2D eigenvalue weighted by molar-refractivity contribution is 0.0372. The molecule has 2 heterocycles. The first-order valence-electron chi connectivity index (χ1n) is 8.94. The summed E-state index contributed by atoms with van der Waals surface area (Å²) in [5.41, 5.74) is 1.10. The van der Waals surface area contributed by atoms with Gasteiger partial charge in [-0.05, 0) is 40.2 Å². The fraction of sp³-hybridized carbons (Fsp3) is 0.765.